The Bertz CT molecular complexity index is 526. The van der Waals surface area contributed by atoms with Gasteiger partial charge in [0, 0.05) is 17.8 Å². The fourth-order valence-electron chi connectivity index (χ4n) is 1.71. The van der Waals surface area contributed by atoms with Gasteiger partial charge in [0.25, 0.3) is 5.91 Å². The molecule has 1 aromatic rings. The van der Waals surface area contributed by atoms with Gasteiger partial charge in [0.15, 0.2) is 0 Å². The van der Waals surface area contributed by atoms with Gasteiger partial charge in [0.2, 0.25) is 5.88 Å². The number of carboxylic acids is 1. The molecule has 0 radical (unpaired) electrons. The summed E-state index contributed by atoms with van der Waals surface area (Å²) in [7, 11) is 0. The van der Waals surface area contributed by atoms with Gasteiger partial charge in [0.05, 0.1) is 6.10 Å². The smallest absolute Gasteiger partial charge is 0.329 e. The summed E-state index contributed by atoms with van der Waals surface area (Å²) in [4.78, 5) is 27.1. The number of hydrogen-bond acceptors (Lipinski definition) is 4. The highest BCUT2D eigenvalue weighted by molar-refractivity contribution is 5.99. The summed E-state index contributed by atoms with van der Waals surface area (Å²) in [5.74, 6) is -1.04. The zero-order valence-corrected chi connectivity index (χ0v) is 11.5. The average molecular weight is 278 g/mol. The number of nitrogens with zero attached hydrogens (tertiary/aromatic N) is 1. The fraction of sp³-hybridized carbons (Fsp3) is 0.500. The maximum Gasteiger partial charge on any atom is 0.329 e. The van der Waals surface area contributed by atoms with Crippen molar-refractivity contribution in [3.63, 3.8) is 0 Å². The van der Waals surface area contributed by atoms with Crippen LogP contribution in [0.3, 0.4) is 0 Å². The molecule has 1 aromatic heterocycles. The van der Waals surface area contributed by atoms with Gasteiger partial charge in [-0.3, -0.25) is 4.79 Å². The standard InChI is InChI=1S/C14H18N2O4/c1-3-9(2)20-11-8-10(4-7-15-11)12(17)16-14(5-6-14)13(18)19/h4,7-9H,3,5-6H2,1-2H3,(H,16,17)(H,18,19). The quantitative estimate of drug-likeness (QED) is 0.825. The highest BCUT2D eigenvalue weighted by Crippen LogP contribution is 2.35. The van der Waals surface area contributed by atoms with Crippen LogP contribution < -0.4 is 10.1 Å². The third-order valence-corrected chi connectivity index (χ3v) is 3.41. The SMILES string of the molecule is CCC(C)Oc1cc(C(=O)NC2(C(=O)O)CC2)ccn1. The number of ether oxygens (including phenoxy) is 1. The molecule has 1 aliphatic rings. The second-order valence-corrected chi connectivity index (χ2v) is 5.06. The van der Waals surface area contributed by atoms with E-state index in [9.17, 15) is 9.59 Å². The number of amides is 1. The molecule has 1 fully saturated rings. The van der Waals surface area contributed by atoms with Crippen molar-refractivity contribution in [3.8, 4) is 5.88 Å². The number of pyridine rings is 1. The highest BCUT2D eigenvalue weighted by Gasteiger charge is 2.51. The number of aliphatic carboxylic acids is 1. The van der Waals surface area contributed by atoms with E-state index in [1.54, 1.807) is 0 Å². The van der Waals surface area contributed by atoms with Crippen molar-refractivity contribution in [2.75, 3.05) is 0 Å². The van der Waals surface area contributed by atoms with Gasteiger partial charge in [-0.15, -0.1) is 0 Å². The Hall–Kier alpha value is -2.11. The molecule has 2 rings (SSSR count). The van der Waals surface area contributed by atoms with E-state index >= 15 is 0 Å². The van der Waals surface area contributed by atoms with Crippen molar-refractivity contribution in [1.82, 2.24) is 10.3 Å². The normalized spacial score (nSPS) is 17.1. The average Bonchev–Trinajstić information content (AvgIpc) is 3.20. The minimum Gasteiger partial charge on any atom is -0.480 e. The number of aromatic nitrogens is 1. The number of hydrogen-bond donors (Lipinski definition) is 2. The molecule has 0 aliphatic heterocycles. The molecule has 1 amide bonds. The third kappa shape index (κ3) is 3.07. The maximum atomic E-state index is 12.1. The first-order chi connectivity index (χ1) is 9.47. The number of carboxylic acid groups (broad SMARTS) is 1. The molecule has 1 saturated carbocycles. The van der Waals surface area contributed by atoms with E-state index in [0.29, 0.717) is 24.3 Å². The van der Waals surface area contributed by atoms with Crippen LogP contribution in [0.2, 0.25) is 0 Å². The molecule has 20 heavy (non-hydrogen) atoms. The van der Waals surface area contributed by atoms with Crippen molar-refractivity contribution in [2.24, 2.45) is 0 Å². The number of carbonyl (C=O) groups excluding carboxylic acids is 1. The molecule has 1 unspecified atom stereocenters. The van der Waals surface area contributed by atoms with Crippen LogP contribution in [0.5, 0.6) is 5.88 Å². The van der Waals surface area contributed by atoms with Crippen molar-refractivity contribution in [3.05, 3.63) is 23.9 Å². The molecule has 0 bridgehead atoms. The van der Waals surface area contributed by atoms with Gasteiger partial charge >= 0.3 is 5.97 Å². The number of carbonyl (C=O) groups is 2. The Morgan fingerprint density at radius 3 is 2.80 bits per heavy atom. The van der Waals surface area contributed by atoms with E-state index in [1.165, 1.54) is 18.3 Å². The van der Waals surface area contributed by atoms with Crippen molar-refractivity contribution in [1.29, 1.82) is 0 Å². The van der Waals surface area contributed by atoms with E-state index in [4.69, 9.17) is 9.84 Å². The summed E-state index contributed by atoms with van der Waals surface area (Å²) in [6.45, 7) is 3.91. The molecular weight excluding hydrogens is 260 g/mol. The van der Waals surface area contributed by atoms with Gasteiger partial charge in [-0.2, -0.15) is 0 Å². The zero-order valence-electron chi connectivity index (χ0n) is 11.5. The number of nitrogens with one attached hydrogen (secondary N) is 1. The summed E-state index contributed by atoms with van der Waals surface area (Å²) < 4.78 is 5.54. The largest absolute Gasteiger partial charge is 0.480 e. The van der Waals surface area contributed by atoms with Crippen LogP contribution >= 0.6 is 0 Å². The molecule has 1 aliphatic carbocycles. The highest BCUT2D eigenvalue weighted by atomic mass is 16.5. The van der Waals surface area contributed by atoms with Crippen LogP contribution in [0.25, 0.3) is 0 Å². The topological polar surface area (TPSA) is 88.5 Å². The predicted molar refractivity (Wildman–Crippen MR) is 71.7 cm³/mol. The van der Waals surface area contributed by atoms with Gasteiger partial charge in [-0.05, 0) is 32.3 Å². The lowest BCUT2D eigenvalue weighted by molar-refractivity contribution is -0.140. The second kappa shape index (κ2) is 5.48. The van der Waals surface area contributed by atoms with E-state index in [-0.39, 0.29) is 6.10 Å². The Morgan fingerprint density at radius 2 is 2.25 bits per heavy atom. The molecule has 1 heterocycles. The lowest BCUT2D eigenvalue weighted by Crippen LogP contribution is -2.43. The van der Waals surface area contributed by atoms with Crippen molar-refractivity contribution < 1.29 is 19.4 Å². The minimum absolute atomic E-state index is 0.00889. The lowest BCUT2D eigenvalue weighted by Gasteiger charge is -2.14. The summed E-state index contributed by atoms with van der Waals surface area (Å²) >= 11 is 0. The van der Waals surface area contributed by atoms with Crippen molar-refractivity contribution >= 4 is 11.9 Å². The molecule has 6 nitrogen and oxygen atoms in total. The number of rotatable bonds is 6. The monoisotopic (exact) mass is 278 g/mol. The van der Waals surface area contributed by atoms with Crippen LogP contribution in [-0.4, -0.2) is 33.6 Å². The minimum atomic E-state index is -1.09. The molecule has 2 N–H and O–H groups in total. The third-order valence-electron chi connectivity index (χ3n) is 3.41. The first kappa shape index (κ1) is 14.3. The molecular formula is C14H18N2O4. The maximum absolute atomic E-state index is 12.1. The Balaban J connectivity index is 2.07. The predicted octanol–water partition coefficient (Wildman–Crippen LogP) is 1.61. The lowest BCUT2D eigenvalue weighted by atomic mass is 10.2. The molecule has 0 saturated heterocycles. The van der Waals surface area contributed by atoms with E-state index in [1.807, 2.05) is 13.8 Å². The first-order valence-electron chi connectivity index (χ1n) is 6.65. The van der Waals surface area contributed by atoms with Crippen LogP contribution in [0.1, 0.15) is 43.5 Å². The summed E-state index contributed by atoms with van der Waals surface area (Å²) in [5, 5.41) is 11.6. The Kier molecular flexibility index (Phi) is 3.92. The van der Waals surface area contributed by atoms with Gasteiger partial charge < -0.3 is 15.2 Å². The molecule has 1 atom stereocenters. The summed E-state index contributed by atoms with van der Waals surface area (Å²) in [5.41, 5.74) is -0.733. The Morgan fingerprint density at radius 1 is 1.55 bits per heavy atom. The van der Waals surface area contributed by atoms with Crippen LogP contribution in [0, 0.1) is 0 Å². The van der Waals surface area contributed by atoms with E-state index in [0.717, 1.165) is 6.42 Å². The zero-order chi connectivity index (χ0) is 14.8. The molecule has 6 heteroatoms. The van der Waals surface area contributed by atoms with Crippen LogP contribution in [0.4, 0.5) is 0 Å². The van der Waals surface area contributed by atoms with Gasteiger partial charge in [-0.25, -0.2) is 9.78 Å². The fourth-order valence-corrected chi connectivity index (χ4v) is 1.71. The second-order valence-electron chi connectivity index (χ2n) is 5.06. The molecule has 0 spiro atoms. The van der Waals surface area contributed by atoms with Crippen LogP contribution in [0.15, 0.2) is 18.3 Å². The van der Waals surface area contributed by atoms with Crippen molar-refractivity contribution in [2.45, 2.75) is 44.8 Å². The van der Waals surface area contributed by atoms with Gasteiger partial charge in [-0.1, -0.05) is 6.92 Å². The Labute approximate surface area is 117 Å². The van der Waals surface area contributed by atoms with E-state index < -0.39 is 17.4 Å². The summed E-state index contributed by atoms with van der Waals surface area (Å²) in [6.07, 6.45) is 3.26. The first-order valence-corrected chi connectivity index (χ1v) is 6.65. The van der Waals surface area contributed by atoms with Gasteiger partial charge in [0.1, 0.15) is 5.54 Å². The molecule has 108 valence electrons. The molecule has 0 aromatic carbocycles. The summed E-state index contributed by atoms with van der Waals surface area (Å²) in [6, 6.07) is 3.07. The van der Waals surface area contributed by atoms with Crippen LogP contribution in [-0.2, 0) is 4.79 Å². The van der Waals surface area contributed by atoms with E-state index in [2.05, 4.69) is 10.3 Å².